The summed E-state index contributed by atoms with van der Waals surface area (Å²) in [5, 5.41) is 5.11. The van der Waals surface area contributed by atoms with Gasteiger partial charge in [0.1, 0.15) is 0 Å². The van der Waals surface area contributed by atoms with Crippen molar-refractivity contribution >= 4 is 72.4 Å². The molecule has 4 amide bonds. The summed E-state index contributed by atoms with van der Waals surface area (Å²) in [6, 6.07) is 10.6. The van der Waals surface area contributed by atoms with E-state index in [0.717, 1.165) is 12.2 Å². The van der Waals surface area contributed by atoms with Gasteiger partial charge >= 0.3 is 6.03 Å². The number of aliphatic imine (C=N–C) groups is 2. The van der Waals surface area contributed by atoms with Crippen molar-refractivity contribution in [1.29, 1.82) is 0 Å². The predicted molar refractivity (Wildman–Crippen MR) is 189 cm³/mol. The SMILES string of the molecule is O=C1C=CC2=CC(=NC(=O)c3cccc(NC(=O)Nc4cccc(C(=O)N=C5C=C6C=CC(=O)CC6C(S(=O)(=O)O)=C5)c4)c3)C=C(S(=O)(=O)O)C2C1. The highest BCUT2D eigenvalue weighted by Gasteiger charge is 2.35. The van der Waals surface area contributed by atoms with E-state index in [0.29, 0.717) is 11.1 Å². The Morgan fingerprint density at radius 1 is 0.615 bits per heavy atom. The minimum absolute atomic E-state index is 0.0271. The quantitative estimate of drug-likeness (QED) is 0.306. The van der Waals surface area contributed by atoms with Crippen molar-refractivity contribution in [3.8, 4) is 0 Å². The summed E-state index contributed by atoms with van der Waals surface area (Å²) >= 11 is 0. The normalized spacial score (nSPS) is 21.3. The Hall–Kier alpha value is -6.01. The van der Waals surface area contributed by atoms with Gasteiger partial charge in [-0.05, 0) is 84.0 Å². The highest BCUT2D eigenvalue weighted by atomic mass is 32.2. The summed E-state index contributed by atoms with van der Waals surface area (Å²) in [7, 11) is -9.42. The molecular formula is C35H26N4O11S2. The molecule has 2 unspecified atom stereocenters. The van der Waals surface area contributed by atoms with Gasteiger partial charge in [0.05, 0.1) is 21.2 Å². The number of carbonyl (C=O) groups is 5. The number of nitrogens with one attached hydrogen (secondary N) is 2. The average Bonchev–Trinajstić information content (AvgIpc) is 3.07. The molecule has 0 bridgehead atoms. The number of anilines is 2. The van der Waals surface area contributed by atoms with Crippen LogP contribution in [-0.2, 0) is 29.8 Å². The molecule has 2 aromatic carbocycles. The summed E-state index contributed by atoms with van der Waals surface area (Å²) in [4.78, 5) is 69.6. The van der Waals surface area contributed by atoms with Gasteiger partial charge < -0.3 is 10.6 Å². The second-order valence-electron chi connectivity index (χ2n) is 11.9. The fourth-order valence-electron chi connectivity index (χ4n) is 5.88. The van der Waals surface area contributed by atoms with E-state index < -0.39 is 59.7 Å². The van der Waals surface area contributed by atoms with Crippen LogP contribution in [-0.4, -0.2) is 66.8 Å². The molecule has 264 valence electrons. The Balaban J connectivity index is 1.15. The molecule has 4 N–H and O–H groups in total. The molecule has 0 aromatic heterocycles. The molecule has 2 atom stereocenters. The molecule has 0 spiro atoms. The van der Waals surface area contributed by atoms with Crippen molar-refractivity contribution in [2.45, 2.75) is 12.8 Å². The van der Waals surface area contributed by atoms with Crippen LogP contribution in [0.1, 0.15) is 33.6 Å². The van der Waals surface area contributed by atoms with Crippen LogP contribution in [0.4, 0.5) is 16.2 Å². The van der Waals surface area contributed by atoms with Crippen LogP contribution in [0, 0.1) is 11.8 Å². The maximum atomic E-state index is 13.0. The fourth-order valence-corrected chi connectivity index (χ4v) is 7.58. The van der Waals surface area contributed by atoms with E-state index in [1.54, 1.807) is 0 Å². The Labute approximate surface area is 296 Å². The topological polar surface area (TPSA) is 243 Å². The number of hydrogen-bond donors (Lipinski definition) is 4. The second-order valence-corrected chi connectivity index (χ2v) is 14.7. The van der Waals surface area contributed by atoms with Crippen LogP contribution in [0.25, 0.3) is 0 Å². The van der Waals surface area contributed by atoms with Crippen molar-refractivity contribution in [3.63, 3.8) is 0 Å². The van der Waals surface area contributed by atoms with Crippen LogP contribution < -0.4 is 10.6 Å². The van der Waals surface area contributed by atoms with Gasteiger partial charge in [-0.1, -0.05) is 24.3 Å². The van der Waals surface area contributed by atoms with Gasteiger partial charge in [0.2, 0.25) is 0 Å². The zero-order valence-corrected chi connectivity index (χ0v) is 28.2. The molecule has 4 aliphatic rings. The molecular weight excluding hydrogens is 717 g/mol. The first-order valence-electron chi connectivity index (χ1n) is 15.3. The van der Waals surface area contributed by atoms with E-state index in [4.69, 9.17) is 0 Å². The summed E-state index contributed by atoms with van der Waals surface area (Å²) < 4.78 is 67.6. The lowest BCUT2D eigenvalue weighted by Crippen LogP contribution is -2.24. The number of ketones is 2. The molecule has 4 aliphatic carbocycles. The van der Waals surface area contributed by atoms with Gasteiger partial charge in [-0.25, -0.2) is 14.8 Å². The number of allylic oxidation sites excluding steroid dienone is 12. The van der Waals surface area contributed by atoms with Gasteiger partial charge in [-0.15, -0.1) is 0 Å². The smallest absolute Gasteiger partial charge is 0.308 e. The lowest BCUT2D eigenvalue weighted by Gasteiger charge is -2.25. The number of rotatable bonds is 6. The van der Waals surface area contributed by atoms with Gasteiger partial charge in [-0.3, -0.25) is 28.3 Å². The molecule has 0 saturated heterocycles. The maximum absolute atomic E-state index is 13.0. The van der Waals surface area contributed by atoms with Crippen LogP contribution in [0.2, 0.25) is 0 Å². The van der Waals surface area contributed by atoms with E-state index in [9.17, 15) is 49.9 Å². The van der Waals surface area contributed by atoms with E-state index in [1.807, 2.05) is 0 Å². The minimum atomic E-state index is -4.71. The summed E-state index contributed by atoms with van der Waals surface area (Å²) in [5.74, 6) is -4.03. The molecule has 0 aliphatic heterocycles. The maximum Gasteiger partial charge on any atom is 0.323 e. The third-order valence-corrected chi connectivity index (χ3v) is 10.2. The molecule has 6 rings (SSSR count). The molecule has 15 nitrogen and oxygen atoms in total. The van der Waals surface area contributed by atoms with Gasteiger partial charge in [0, 0.05) is 47.2 Å². The lowest BCUT2D eigenvalue weighted by molar-refractivity contribution is -0.116. The van der Waals surface area contributed by atoms with E-state index >= 15 is 0 Å². The highest BCUT2D eigenvalue weighted by molar-refractivity contribution is 7.90. The number of amides is 4. The Kier molecular flexibility index (Phi) is 9.61. The minimum Gasteiger partial charge on any atom is -0.308 e. The van der Waals surface area contributed by atoms with Crippen molar-refractivity contribution in [3.05, 3.63) is 129 Å². The van der Waals surface area contributed by atoms with E-state index in [-0.39, 0.29) is 58.3 Å². The zero-order valence-electron chi connectivity index (χ0n) is 26.6. The Morgan fingerprint density at radius 2 is 1.02 bits per heavy atom. The van der Waals surface area contributed by atoms with Crippen molar-refractivity contribution < 1.29 is 49.9 Å². The number of benzene rings is 2. The molecule has 17 heteroatoms. The fraction of sp³-hybridized carbons (Fsp3) is 0.114. The third kappa shape index (κ3) is 8.13. The number of nitrogens with zero attached hydrogens (tertiary/aromatic N) is 2. The van der Waals surface area contributed by atoms with Crippen LogP contribution in [0.5, 0.6) is 0 Å². The predicted octanol–water partition coefficient (Wildman–Crippen LogP) is 4.21. The first-order chi connectivity index (χ1) is 24.5. The Morgan fingerprint density at radius 3 is 1.40 bits per heavy atom. The molecule has 0 radical (unpaired) electrons. The monoisotopic (exact) mass is 742 g/mol. The number of urea groups is 1. The number of fused-ring (bicyclic) bond motifs is 2. The highest BCUT2D eigenvalue weighted by Crippen LogP contribution is 2.36. The van der Waals surface area contributed by atoms with Crippen LogP contribution in [0.15, 0.2) is 128 Å². The van der Waals surface area contributed by atoms with Crippen molar-refractivity contribution in [1.82, 2.24) is 0 Å². The first kappa shape index (κ1) is 35.8. The second kappa shape index (κ2) is 14.0. The lowest BCUT2D eigenvalue weighted by atomic mass is 9.84. The molecule has 52 heavy (non-hydrogen) atoms. The van der Waals surface area contributed by atoms with Crippen molar-refractivity contribution in [2.75, 3.05) is 10.6 Å². The van der Waals surface area contributed by atoms with Gasteiger partial charge in [0.15, 0.2) is 11.6 Å². The average molecular weight is 743 g/mol. The van der Waals surface area contributed by atoms with Gasteiger partial charge in [0.25, 0.3) is 32.1 Å². The summed E-state index contributed by atoms with van der Waals surface area (Å²) in [5.41, 5.74) is 1.04. The molecule has 0 heterocycles. The molecule has 0 saturated carbocycles. The zero-order chi connectivity index (χ0) is 37.4. The van der Waals surface area contributed by atoms with Crippen molar-refractivity contribution in [2.24, 2.45) is 21.8 Å². The largest absolute Gasteiger partial charge is 0.323 e. The number of carbonyl (C=O) groups excluding carboxylic acids is 5. The van der Waals surface area contributed by atoms with Gasteiger partial charge in [-0.2, -0.15) is 16.8 Å². The van der Waals surface area contributed by atoms with E-state index in [1.165, 1.54) is 85.0 Å². The Bertz CT molecular complexity index is 2300. The number of hydrogen-bond acceptors (Lipinski definition) is 9. The summed E-state index contributed by atoms with van der Waals surface area (Å²) in [6.07, 6.45) is 9.94. The third-order valence-electron chi connectivity index (χ3n) is 8.23. The van der Waals surface area contributed by atoms with E-state index in [2.05, 4.69) is 20.6 Å². The van der Waals surface area contributed by atoms with Crippen LogP contribution in [0.3, 0.4) is 0 Å². The molecule has 0 fully saturated rings. The first-order valence-corrected chi connectivity index (χ1v) is 18.2. The molecule has 2 aromatic rings. The van der Waals surface area contributed by atoms with Crippen LogP contribution >= 0.6 is 0 Å². The summed E-state index contributed by atoms with van der Waals surface area (Å²) in [6.45, 7) is 0. The standard InChI is InChI=1S/C35H26N4O11S2/c40-27-9-7-19-11-25(15-31(29(19)17-27)51(45,46)47)36-33(42)21-3-1-5-23(13-21)38-35(44)39-24-6-2-4-22(14-24)34(43)37-26-12-20-8-10-28(41)18-30(20)32(16-26)52(48,49)50/h1-16,29-30H,17-18H2,(H2,38,39,44)(H,45,46,47)(H,48,49,50).